The molecule has 0 aliphatic rings. The molecular weight excluding hydrogens is 195 g/mol. The lowest BCUT2D eigenvalue weighted by molar-refractivity contribution is 0.477. The van der Waals surface area contributed by atoms with Crippen LogP contribution in [0.25, 0.3) is 0 Å². The van der Waals surface area contributed by atoms with Crippen LogP contribution >= 0.6 is 0 Å². The largest absolute Gasteiger partial charge is 0.341 e. The van der Waals surface area contributed by atoms with Crippen molar-refractivity contribution in [2.24, 2.45) is 10.8 Å². The van der Waals surface area contributed by atoms with Gasteiger partial charge in [-0.15, -0.1) is 0 Å². The van der Waals surface area contributed by atoms with Crippen LogP contribution in [0.1, 0.15) is 5.56 Å². The van der Waals surface area contributed by atoms with Gasteiger partial charge in [-0.3, -0.25) is 10.4 Å². The highest BCUT2D eigenvalue weighted by Gasteiger charge is 2.04. The number of nitrogens with two attached hydrogens (primary N) is 1. The molecule has 0 amide bonds. The third kappa shape index (κ3) is 3.21. The summed E-state index contributed by atoms with van der Waals surface area (Å²) in [5.74, 6) is 5.59. The Labute approximate surface area is 88.6 Å². The first kappa shape index (κ1) is 11.5. The molecule has 4 nitrogen and oxygen atoms in total. The Hall–Kier alpha value is -1.62. The van der Waals surface area contributed by atoms with Gasteiger partial charge in [0.05, 0.1) is 0 Å². The number of hydrogen-bond acceptors (Lipinski definition) is 2. The summed E-state index contributed by atoms with van der Waals surface area (Å²) >= 11 is 0. The molecule has 1 rings (SSSR count). The van der Waals surface area contributed by atoms with E-state index in [-0.39, 0.29) is 5.82 Å². The highest BCUT2D eigenvalue weighted by molar-refractivity contribution is 5.78. The topological polar surface area (TPSA) is 53.6 Å². The average molecular weight is 210 g/mol. The zero-order chi connectivity index (χ0) is 11.3. The highest BCUT2D eigenvalue weighted by Crippen LogP contribution is 2.05. The highest BCUT2D eigenvalue weighted by atomic mass is 19.1. The molecule has 0 radical (unpaired) electrons. The summed E-state index contributed by atoms with van der Waals surface area (Å²) in [6.07, 6.45) is 0. The van der Waals surface area contributed by atoms with Gasteiger partial charge < -0.3 is 4.90 Å². The minimum absolute atomic E-state index is 0.239. The van der Waals surface area contributed by atoms with Crippen molar-refractivity contribution in [3.05, 3.63) is 35.6 Å². The van der Waals surface area contributed by atoms with E-state index in [0.717, 1.165) is 5.56 Å². The number of aliphatic imine (C=N–C) groups is 1. The third-order valence-corrected chi connectivity index (χ3v) is 2.01. The third-order valence-electron chi connectivity index (χ3n) is 2.01. The van der Waals surface area contributed by atoms with E-state index < -0.39 is 0 Å². The van der Waals surface area contributed by atoms with Crippen LogP contribution in [0.5, 0.6) is 0 Å². The van der Waals surface area contributed by atoms with Crippen LogP contribution in [-0.4, -0.2) is 25.0 Å². The normalized spacial score (nSPS) is 11.3. The summed E-state index contributed by atoms with van der Waals surface area (Å²) in [7, 11) is 3.46. The summed E-state index contributed by atoms with van der Waals surface area (Å²) < 4.78 is 12.9. The maximum atomic E-state index is 12.9. The first-order valence-corrected chi connectivity index (χ1v) is 4.56. The van der Waals surface area contributed by atoms with Gasteiger partial charge in [0.15, 0.2) is 0 Å². The molecule has 0 spiro atoms. The molecule has 5 heteroatoms. The van der Waals surface area contributed by atoms with Crippen LogP contribution in [0.15, 0.2) is 29.3 Å². The number of halogens is 1. The fourth-order valence-electron chi connectivity index (χ4n) is 1.33. The van der Waals surface area contributed by atoms with E-state index >= 15 is 0 Å². The number of hydrazine groups is 1. The molecule has 15 heavy (non-hydrogen) atoms. The Morgan fingerprint density at radius 3 is 2.87 bits per heavy atom. The van der Waals surface area contributed by atoms with Gasteiger partial charge in [-0.05, 0) is 17.7 Å². The SMILES string of the molecule is CN=C(NN)N(C)Cc1cccc(F)c1. The number of benzene rings is 1. The molecule has 0 unspecified atom stereocenters. The molecule has 3 N–H and O–H groups in total. The zero-order valence-corrected chi connectivity index (χ0v) is 8.87. The van der Waals surface area contributed by atoms with Crippen LogP contribution < -0.4 is 11.3 Å². The minimum Gasteiger partial charge on any atom is -0.341 e. The molecule has 0 bridgehead atoms. The van der Waals surface area contributed by atoms with Gasteiger partial charge in [0.2, 0.25) is 5.96 Å². The Morgan fingerprint density at radius 2 is 2.33 bits per heavy atom. The van der Waals surface area contributed by atoms with Crippen LogP contribution in [0.2, 0.25) is 0 Å². The standard InChI is InChI=1S/C10H15FN4/c1-13-10(14-12)15(2)7-8-4-3-5-9(11)6-8/h3-6H,7,12H2,1-2H3,(H,13,14). The Kier molecular flexibility index (Phi) is 4.05. The molecular formula is C10H15FN4. The molecule has 1 aromatic rings. The molecule has 0 aliphatic carbocycles. The number of guanidine groups is 1. The first-order chi connectivity index (χ1) is 7.17. The number of nitrogens with one attached hydrogen (secondary N) is 1. The van der Waals surface area contributed by atoms with Crippen molar-refractivity contribution < 1.29 is 4.39 Å². The molecule has 0 heterocycles. The van der Waals surface area contributed by atoms with Crippen molar-refractivity contribution in [3.8, 4) is 0 Å². The van der Waals surface area contributed by atoms with E-state index in [1.54, 1.807) is 18.0 Å². The number of hydrogen-bond donors (Lipinski definition) is 2. The first-order valence-electron chi connectivity index (χ1n) is 4.56. The maximum Gasteiger partial charge on any atom is 0.208 e. The van der Waals surface area contributed by atoms with Crippen LogP contribution in [0, 0.1) is 5.82 Å². The lowest BCUT2D eigenvalue weighted by atomic mass is 10.2. The smallest absolute Gasteiger partial charge is 0.208 e. The summed E-state index contributed by atoms with van der Waals surface area (Å²) in [4.78, 5) is 5.74. The Bertz CT molecular complexity index is 351. The van der Waals surface area contributed by atoms with Crippen molar-refractivity contribution in [2.45, 2.75) is 6.54 Å². The van der Waals surface area contributed by atoms with Gasteiger partial charge in [0.25, 0.3) is 0 Å². The van der Waals surface area contributed by atoms with E-state index in [0.29, 0.717) is 12.5 Å². The fraction of sp³-hybridized carbons (Fsp3) is 0.300. The van der Waals surface area contributed by atoms with Gasteiger partial charge in [-0.25, -0.2) is 10.2 Å². The van der Waals surface area contributed by atoms with Crippen molar-refractivity contribution in [3.63, 3.8) is 0 Å². The van der Waals surface area contributed by atoms with E-state index in [2.05, 4.69) is 10.4 Å². The summed E-state index contributed by atoms with van der Waals surface area (Å²) in [6.45, 7) is 0.550. The quantitative estimate of drug-likeness (QED) is 0.327. The van der Waals surface area contributed by atoms with Crippen molar-refractivity contribution >= 4 is 5.96 Å². The van der Waals surface area contributed by atoms with E-state index in [9.17, 15) is 4.39 Å². The summed E-state index contributed by atoms with van der Waals surface area (Å²) in [6, 6.07) is 6.43. The average Bonchev–Trinajstić information content (AvgIpc) is 2.19. The lowest BCUT2D eigenvalue weighted by Crippen LogP contribution is -2.42. The lowest BCUT2D eigenvalue weighted by Gasteiger charge is -2.20. The molecule has 0 saturated heterocycles. The van der Waals surface area contributed by atoms with Gasteiger partial charge in [-0.1, -0.05) is 12.1 Å². The molecule has 0 saturated carbocycles. The van der Waals surface area contributed by atoms with Gasteiger partial charge in [0, 0.05) is 20.6 Å². The molecule has 82 valence electrons. The van der Waals surface area contributed by atoms with Crippen LogP contribution in [0.4, 0.5) is 4.39 Å². The Balaban J connectivity index is 2.70. The van der Waals surface area contributed by atoms with Crippen molar-refractivity contribution in [1.82, 2.24) is 10.3 Å². The van der Waals surface area contributed by atoms with Gasteiger partial charge in [0.1, 0.15) is 5.82 Å². The molecule has 1 aromatic carbocycles. The Morgan fingerprint density at radius 1 is 1.60 bits per heavy atom. The number of nitrogens with zero attached hydrogens (tertiary/aromatic N) is 2. The minimum atomic E-state index is -0.239. The number of rotatable bonds is 2. The predicted molar refractivity (Wildman–Crippen MR) is 58.5 cm³/mol. The van der Waals surface area contributed by atoms with Crippen molar-refractivity contribution in [2.75, 3.05) is 14.1 Å². The predicted octanol–water partition coefficient (Wildman–Crippen LogP) is 0.707. The van der Waals surface area contributed by atoms with Crippen LogP contribution in [0.3, 0.4) is 0 Å². The summed E-state index contributed by atoms with van der Waals surface area (Å²) in [5.41, 5.74) is 3.34. The molecule has 0 atom stereocenters. The van der Waals surface area contributed by atoms with Crippen molar-refractivity contribution in [1.29, 1.82) is 0 Å². The van der Waals surface area contributed by atoms with Crippen LogP contribution in [-0.2, 0) is 6.54 Å². The second kappa shape index (κ2) is 5.31. The maximum absolute atomic E-state index is 12.9. The van der Waals surface area contributed by atoms with E-state index in [1.807, 2.05) is 13.1 Å². The van der Waals surface area contributed by atoms with Gasteiger partial charge in [-0.2, -0.15) is 0 Å². The zero-order valence-electron chi connectivity index (χ0n) is 8.87. The molecule has 0 aliphatic heterocycles. The van der Waals surface area contributed by atoms with E-state index in [1.165, 1.54) is 12.1 Å². The monoisotopic (exact) mass is 210 g/mol. The molecule has 0 fully saturated rings. The molecule has 0 aromatic heterocycles. The fourth-order valence-corrected chi connectivity index (χ4v) is 1.33. The second-order valence-electron chi connectivity index (χ2n) is 3.18. The van der Waals surface area contributed by atoms with E-state index in [4.69, 9.17) is 5.84 Å². The second-order valence-corrected chi connectivity index (χ2v) is 3.18. The summed E-state index contributed by atoms with van der Waals surface area (Å²) in [5, 5.41) is 0. The van der Waals surface area contributed by atoms with Gasteiger partial charge >= 0.3 is 0 Å².